The Bertz CT molecular complexity index is 649. The molecule has 0 aliphatic carbocycles. The summed E-state index contributed by atoms with van der Waals surface area (Å²) < 4.78 is 7.45. The van der Waals surface area contributed by atoms with Crippen molar-refractivity contribution in [1.82, 2.24) is 4.98 Å². The van der Waals surface area contributed by atoms with Crippen molar-refractivity contribution in [2.24, 2.45) is 0 Å². The zero-order chi connectivity index (χ0) is 14.0. The number of nitro benzene ring substituents is 1. The SMILES string of the molecule is O=[N+]([O-])c1cc(Br)ccc1Oc1ncc(Br)cc1Br. The minimum atomic E-state index is -0.507. The Kier molecular flexibility index (Phi) is 4.54. The largest absolute Gasteiger partial charge is 0.431 e. The summed E-state index contributed by atoms with van der Waals surface area (Å²) in [6, 6.07) is 6.29. The van der Waals surface area contributed by atoms with Crippen LogP contribution in [0.4, 0.5) is 5.69 Å². The number of pyridine rings is 1. The van der Waals surface area contributed by atoms with E-state index in [1.807, 2.05) is 0 Å². The fourth-order valence-electron chi connectivity index (χ4n) is 1.30. The lowest BCUT2D eigenvalue weighted by atomic mass is 10.3. The lowest BCUT2D eigenvalue weighted by Gasteiger charge is -2.07. The topological polar surface area (TPSA) is 65.3 Å². The number of nitro groups is 1. The molecule has 2 aromatic rings. The van der Waals surface area contributed by atoms with Crippen LogP contribution in [-0.2, 0) is 0 Å². The zero-order valence-electron chi connectivity index (χ0n) is 9.14. The van der Waals surface area contributed by atoms with E-state index in [9.17, 15) is 10.1 Å². The number of halogens is 3. The Balaban J connectivity index is 2.40. The van der Waals surface area contributed by atoms with Crippen LogP contribution in [0, 0.1) is 10.1 Å². The van der Waals surface area contributed by atoms with Gasteiger partial charge in [0.25, 0.3) is 0 Å². The molecule has 0 atom stereocenters. The first kappa shape index (κ1) is 14.4. The lowest BCUT2D eigenvalue weighted by molar-refractivity contribution is -0.385. The van der Waals surface area contributed by atoms with Gasteiger partial charge in [-0.3, -0.25) is 10.1 Å². The molecule has 0 aliphatic rings. The monoisotopic (exact) mass is 450 g/mol. The van der Waals surface area contributed by atoms with Crippen LogP contribution in [0.5, 0.6) is 11.6 Å². The van der Waals surface area contributed by atoms with Crippen molar-refractivity contribution in [3.63, 3.8) is 0 Å². The van der Waals surface area contributed by atoms with Gasteiger partial charge in [-0.05, 0) is 50.1 Å². The first-order valence-corrected chi connectivity index (χ1v) is 7.28. The second-order valence-electron chi connectivity index (χ2n) is 3.41. The van der Waals surface area contributed by atoms with Crippen molar-refractivity contribution in [1.29, 1.82) is 0 Å². The van der Waals surface area contributed by atoms with Gasteiger partial charge >= 0.3 is 5.69 Å². The van der Waals surface area contributed by atoms with Gasteiger partial charge in [-0.2, -0.15) is 0 Å². The molecule has 1 heterocycles. The molecule has 1 aromatic carbocycles. The van der Waals surface area contributed by atoms with E-state index in [4.69, 9.17) is 4.74 Å². The van der Waals surface area contributed by atoms with E-state index in [0.717, 1.165) is 4.47 Å². The minimum Gasteiger partial charge on any atom is -0.431 e. The van der Waals surface area contributed by atoms with E-state index in [1.165, 1.54) is 12.1 Å². The smallest absolute Gasteiger partial charge is 0.312 e. The van der Waals surface area contributed by atoms with Crippen molar-refractivity contribution in [2.75, 3.05) is 0 Å². The molecule has 0 spiro atoms. The molecule has 0 fully saturated rings. The second kappa shape index (κ2) is 5.98. The van der Waals surface area contributed by atoms with Crippen molar-refractivity contribution >= 4 is 53.5 Å². The van der Waals surface area contributed by atoms with Crippen LogP contribution in [0.15, 0.2) is 43.9 Å². The molecular formula is C11H5Br3N2O3. The third-order valence-corrected chi connectivity index (χ3v) is 3.59. The van der Waals surface area contributed by atoms with E-state index in [1.54, 1.807) is 18.3 Å². The highest BCUT2D eigenvalue weighted by atomic mass is 79.9. The summed E-state index contributed by atoms with van der Waals surface area (Å²) in [5.74, 6) is 0.386. The summed E-state index contributed by atoms with van der Waals surface area (Å²) in [4.78, 5) is 14.5. The van der Waals surface area contributed by atoms with Gasteiger partial charge in [-0.15, -0.1) is 0 Å². The first-order valence-electron chi connectivity index (χ1n) is 4.90. The summed E-state index contributed by atoms with van der Waals surface area (Å²) >= 11 is 9.73. The summed E-state index contributed by atoms with van der Waals surface area (Å²) in [5, 5.41) is 11.0. The number of hydrogen-bond donors (Lipinski definition) is 0. The second-order valence-corrected chi connectivity index (χ2v) is 6.10. The molecule has 5 nitrogen and oxygen atoms in total. The van der Waals surface area contributed by atoms with Crippen molar-refractivity contribution in [3.8, 4) is 11.6 Å². The standard InChI is InChI=1S/C11H5Br3N2O3/c12-6-1-2-10(9(4-6)16(17)18)19-11-8(14)3-7(13)5-15-11/h1-5H. The fourth-order valence-corrected chi connectivity index (χ4v) is 2.72. The highest BCUT2D eigenvalue weighted by Crippen LogP contribution is 2.36. The third kappa shape index (κ3) is 3.52. The van der Waals surface area contributed by atoms with E-state index in [-0.39, 0.29) is 17.3 Å². The molecule has 8 heteroatoms. The summed E-state index contributed by atoms with van der Waals surface area (Å²) in [7, 11) is 0. The molecule has 0 amide bonds. The van der Waals surface area contributed by atoms with Crippen LogP contribution in [0.2, 0.25) is 0 Å². The normalized spacial score (nSPS) is 10.3. The zero-order valence-corrected chi connectivity index (χ0v) is 13.9. The fraction of sp³-hybridized carbons (Fsp3) is 0. The van der Waals surface area contributed by atoms with Gasteiger partial charge in [0.1, 0.15) is 0 Å². The minimum absolute atomic E-state index is 0.128. The molecule has 1 aromatic heterocycles. The van der Waals surface area contributed by atoms with Gasteiger partial charge in [0.15, 0.2) is 0 Å². The molecule has 2 rings (SSSR count). The number of ether oxygens (including phenoxy) is 1. The van der Waals surface area contributed by atoms with Gasteiger partial charge in [-0.25, -0.2) is 4.98 Å². The van der Waals surface area contributed by atoms with E-state index in [2.05, 4.69) is 52.8 Å². The van der Waals surface area contributed by atoms with Crippen molar-refractivity contribution < 1.29 is 9.66 Å². The predicted molar refractivity (Wildman–Crippen MR) is 80.5 cm³/mol. The van der Waals surface area contributed by atoms with E-state index < -0.39 is 4.92 Å². The third-order valence-electron chi connectivity index (χ3n) is 2.10. The van der Waals surface area contributed by atoms with Crippen LogP contribution in [0.3, 0.4) is 0 Å². The maximum Gasteiger partial charge on any atom is 0.312 e. The maximum absolute atomic E-state index is 11.0. The van der Waals surface area contributed by atoms with Crippen LogP contribution < -0.4 is 4.74 Å². The maximum atomic E-state index is 11.0. The number of aromatic nitrogens is 1. The summed E-state index contributed by atoms with van der Waals surface area (Å²) in [6.07, 6.45) is 1.55. The van der Waals surface area contributed by atoms with Gasteiger partial charge in [0.05, 0.1) is 9.40 Å². The predicted octanol–water partition coefficient (Wildman–Crippen LogP) is 5.07. The molecule has 0 aliphatic heterocycles. The highest BCUT2D eigenvalue weighted by Gasteiger charge is 2.17. The van der Waals surface area contributed by atoms with Crippen molar-refractivity contribution in [2.45, 2.75) is 0 Å². The molecular weight excluding hydrogens is 448 g/mol. The van der Waals surface area contributed by atoms with Gasteiger partial charge in [0, 0.05) is 21.2 Å². The molecule has 0 bridgehead atoms. The molecule has 19 heavy (non-hydrogen) atoms. The quantitative estimate of drug-likeness (QED) is 0.481. The Labute approximate surface area is 133 Å². The van der Waals surface area contributed by atoms with Crippen molar-refractivity contribution in [3.05, 3.63) is 54.0 Å². The molecule has 0 unspecified atom stereocenters. The Morgan fingerprint density at radius 3 is 2.53 bits per heavy atom. The lowest BCUT2D eigenvalue weighted by Crippen LogP contribution is -1.95. The number of hydrogen-bond acceptors (Lipinski definition) is 4. The van der Waals surface area contributed by atoms with Crippen LogP contribution in [0.25, 0.3) is 0 Å². The number of rotatable bonds is 3. The summed E-state index contributed by atoms with van der Waals surface area (Å²) in [5.41, 5.74) is -0.133. The summed E-state index contributed by atoms with van der Waals surface area (Å²) in [6.45, 7) is 0. The van der Waals surface area contributed by atoms with Crippen LogP contribution >= 0.6 is 47.8 Å². The number of nitrogens with zero attached hydrogens (tertiary/aromatic N) is 2. The highest BCUT2D eigenvalue weighted by molar-refractivity contribution is 9.11. The van der Waals surface area contributed by atoms with Crippen LogP contribution in [-0.4, -0.2) is 9.91 Å². The van der Waals surface area contributed by atoms with Gasteiger partial charge in [-0.1, -0.05) is 15.9 Å². The first-order chi connectivity index (χ1) is 8.97. The van der Waals surface area contributed by atoms with Gasteiger partial charge < -0.3 is 4.74 Å². The molecule has 0 N–H and O–H groups in total. The van der Waals surface area contributed by atoms with Gasteiger partial charge in [0.2, 0.25) is 11.6 Å². The molecule has 0 saturated heterocycles. The molecule has 0 saturated carbocycles. The Morgan fingerprint density at radius 2 is 1.89 bits per heavy atom. The average molecular weight is 453 g/mol. The Morgan fingerprint density at radius 1 is 1.16 bits per heavy atom. The van der Waals surface area contributed by atoms with E-state index >= 15 is 0 Å². The molecule has 98 valence electrons. The van der Waals surface area contributed by atoms with E-state index in [0.29, 0.717) is 8.95 Å². The molecule has 0 radical (unpaired) electrons. The van der Waals surface area contributed by atoms with Crippen LogP contribution in [0.1, 0.15) is 0 Å². The number of benzene rings is 1. The Hall–Kier alpha value is -0.990. The average Bonchev–Trinajstić information content (AvgIpc) is 2.34.